The number of benzene rings is 2. The zero-order valence-electron chi connectivity index (χ0n) is 14.1. The van der Waals surface area contributed by atoms with Crippen molar-refractivity contribution in [3.05, 3.63) is 72.4 Å². The third kappa shape index (κ3) is 3.45. The van der Waals surface area contributed by atoms with Crippen LogP contribution in [0.3, 0.4) is 0 Å². The van der Waals surface area contributed by atoms with Crippen LogP contribution in [-0.4, -0.2) is 26.5 Å². The molecule has 0 saturated heterocycles. The van der Waals surface area contributed by atoms with Gasteiger partial charge in [0, 0.05) is 18.8 Å². The van der Waals surface area contributed by atoms with Gasteiger partial charge < -0.3 is 10.1 Å². The molecule has 3 rings (SSSR count). The van der Waals surface area contributed by atoms with Crippen molar-refractivity contribution in [1.29, 1.82) is 0 Å². The average molecular weight is 356 g/mol. The molecule has 1 N–H and O–H groups in total. The molecule has 0 radical (unpaired) electrons. The fraction of sp³-hybridized carbons (Fsp3) is 0.158. The van der Waals surface area contributed by atoms with Crippen molar-refractivity contribution >= 4 is 10.0 Å². The molecule has 0 atom stereocenters. The Morgan fingerprint density at radius 3 is 2.48 bits per heavy atom. The van der Waals surface area contributed by atoms with E-state index in [1.807, 2.05) is 43.4 Å². The van der Waals surface area contributed by atoms with E-state index in [-0.39, 0.29) is 4.90 Å². The lowest BCUT2D eigenvalue weighted by atomic mass is 10.1. The van der Waals surface area contributed by atoms with E-state index in [0.717, 1.165) is 11.1 Å². The predicted octanol–water partition coefficient (Wildman–Crippen LogP) is 3.12. The number of methoxy groups -OCH3 is 1. The van der Waals surface area contributed by atoms with Gasteiger partial charge in [0.05, 0.1) is 17.7 Å². The second-order valence-corrected chi connectivity index (χ2v) is 7.42. The molecule has 0 fully saturated rings. The molecule has 1 heterocycles. The topological polar surface area (TPSA) is 60.3 Å². The standard InChI is InChI=1S/C19H20N2O3S/c1-20-13-15-11-19(16-7-4-3-5-8-16)21(14-15)25(22,23)18-10-6-9-17(12-18)24-2/h3-12,14,20H,13H2,1-2H3. The largest absolute Gasteiger partial charge is 0.497 e. The van der Waals surface area contributed by atoms with Gasteiger partial charge in [-0.3, -0.25) is 0 Å². The van der Waals surface area contributed by atoms with Gasteiger partial charge in [-0.1, -0.05) is 36.4 Å². The molecule has 3 aromatic rings. The Kier molecular flexibility index (Phi) is 4.92. The Hall–Kier alpha value is -2.57. The molecule has 5 nitrogen and oxygen atoms in total. The highest BCUT2D eigenvalue weighted by Crippen LogP contribution is 2.28. The molecule has 0 aliphatic heterocycles. The van der Waals surface area contributed by atoms with Crippen LogP contribution in [0.25, 0.3) is 11.3 Å². The molecule has 0 saturated carbocycles. The van der Waals surface area contributed by atoms with Crippen molar-refractivity contribution in [1.82, 2.24) is 9.29 Å². The van der Waals surface area contributed by atoms with Gasteiger partial charge in [-0.25, -0.2) is 12.4 Å². The summed E-state index contributed by atoms with van der Waals surface area (Å²) in [5.41, 5.74) is 2.37. The van der Waals surface area contributed by atoms with E-state index in [2.05, 4.69) is 5.32 Å². The molecule has 0 amide bonds. The van der Waals surface area contributed by atoms with E-state index < -0.39 is 10.0 Å². The first-order chi connectivity index (χ1) is 12.1. The van der Waals surface area contributed by atoms with Crippen molar-refractivity contribution in [2.24, 2.45) is 0 Å². The first-order valence-corrected chi connectivity index (χ1v) is 9.31. The Balaban J connectivity index is 2.17. The van der Waals surface area contributed by atoms with Crippen LogP contribution in [0, 0.1) is 0 Å². The number of ether oxygens (including phenoxy) is 1. The Morgan fingerprint density at radius 1 is 1.04 bits per heavy atom. The number of aromatic nitrogens is 1. The van der Waals surface area contributed by atoms with Gasteiger partial charge in [-0.05, 0) is 36.4 Å². The highest BCUT2D eigenvalue weighted by Gasteiger charge is 2.22. The lowest BCUT2D eigenvalue weighted by Crippen LogP contribution is -2.13. The summed E-state index contributed by atoms with van der Waals surface area (Å²) in [6, 6.07) is 17.9. The summed E-state index contributed by atoms with van der Waals surface area (Å²) in [5, 5.41) is 3.06. The van der Waals surface area contributed by atoms with Crippen LogP contribution < -0.4 is 10.1 Å². The molecule has 130 valence electrons. The fourth-order valence-electron chi connectivity index (χ4n) is 2.69. The summed E-state index contributed by atoms with van der Waals surface area (Å²) < 4.78 is 32.9. The van der Waals surface area contributed by atoms with Gasteiger partial charge in [0.1, 0.15) is 5.75 Å². The first-order valence-electron chi connectivity index (χ1n) is 7.87. The third-order valence-corrected chi connectivity index (χ3v) is 5.56. The second kappa shape index (κ2) is 7.13. The summed E-state index contributed by atoms with van der Waals surface area (Å²) in [5.74, 6) is 0.505. The summed E-state index contributed by atoms with van der Waals surface area (Å²) in [6.45, 7) is 0.584. The molecular formula is C19H20N2O3S. The van der Waals surface area contributed by atoms with Crippen LogP contribution in [0.15, 0.2) is 71.8 Å². The number of nitrogens with zero attached hydrogens (tertiary/aromatic N) is 1. The van der Waals surface area contributed by atoms with Gasteiger partial charge in [-0.2, -0.15) is 0 Å². The zero-order chi connectivity index (χ0) is 17.9. The first kappa shape index (κ1) is 17.3. The van der Waals surface area contributed by atoms with E-state index in [1.165, 1.54) is 17.1 Å². The second-order valence-electron chi connectivity index (χ2n) is 5.61. The fourth-order valence-corrected chi connectivity index (χ4v) is 4.12. The number of hydrogen-bond donors (Lipinski definition) is 1. The molecular weight excluding hydrogens is 336 g/mol. The zero-order valence-corrected chi connectivity index (χ0v) is 15.0. The van der Waals surface area contributed by atoms with Crippen molar-refractivity contribution < 1.29 is 13.2 Å². The summed E-state index contributed by atoms with van der Waals surface area (Å²) in [7, 11) is -0.394. The highest BCUT2D eigenvalue weighted by molar-refractivity contribution is 7.90. The number of hydrogen-bond acceptors (Lipinski definition) is 4. The molecule has 2 aromatic carbocycles. The molecule has 1 aromatic heterocycles. The smallest absolute Gasteiger partial charge is 0.268 e. The van der Waals surface area contributed by atoms with Crippen molar-refractivity contribution in [2.45, 2.75) is 11.4 Å². The van der Waals surface area contributed by atoms with Gasteiger partial charge in [0.15, 0.2) is 0 Å². The molecule has 25 heavy (non-hydrogen) atoms. The lowest BCUT2D eigenvalue weighted by Gasteiger charge is -2.11. The van der Waals surface area contributed by atoms with Crippen LogP contribution in [-0.2, 0) is 16.6 Å². The van der Waals surface area contributed by atoms with Crippen LogP contribution >= 0.6 is 0 Å². The van der Waals surface area contributed by atoms with Gasteiger partial charge in [-0.15, -0.1) is 0 Å². The third-order valence-electron chi connectivity index (χ3n) is 3.89. The summed E-state index contributed by atoms with van der Waals surface area (Å²) in [6.07, 6.45) is 1.66. The minimum Gasteiger partial charge on any atom is -0.497 e. The van der Waals surface area contributed by atoms with Crippen molar-refractivity contribution in [3.63, 3.8) is 0 Å². The average Bonchev–Trinajstić information content (AvgIpc) is 3.08. The van der Waals surface area contributed by atoms with Crippen LogP contribution in [0.5, 0.6) is 5.75 Å². The molecule has 0 unspecified atom stereocenters. The van der Waals surface area contributed by atoms with E-state index in [1.54, 1.807) is 24.4 Å². The normalized spacial score (nSPS) is 11.4. The Labute approximate surface area is 147 Å². The Bertz CT molecular complexity index is 963. The minimum atomic E-state index is -3.74. The van der Waals surface area contributed by atoms with Crippen molar-refractivity contribution in [2.75, 3.05) is 14.2 Å². The van der Waals surface area contributed by atoms with E-state index in [4.69, 9.17) is 4.74 Å². The van der Waals surface area contributed by atoms with Crippen LogP contribution in [0.4, 0.5) is 0 Å². The lowest BCUT2D eigenvalue weighted by molar-refractivity contribution is 0.413. The maximum absolute atomic E-state index is 13.2. The highest BCUT2D eigenvalue weighted by atomic mass is 32.2. The minimum absolute atomic E-state index is 0.190. The monoisotopic (exact) mass is 356 g/mol. The molecule has 0 aliphatic rings. The molecule has 6 heteroatoms. The quantitative estimate of drug-likeness (QED) is 0.737. The summed E-state index contributed by atoms with van der Waals surface area (Å²) >= 11 is 0. The van der Waals surface area contributed by atoms with Crippen molar-refractivity contribution in [3.8, 4) is 17.0 Å². The van der Waals surface area contributed by atoms with Gasteiger partial charge in [0.25, 0.3) is 10.0 Å². The molecule has 0 spiro atoms. The van der Waals surface area contributed by atoms with E-state index in [0.29, 0.717) is 18.0 Å². The van der Waals surface area contributed by atoms with E-state index in [9.17, 15) is 8.42 Å². The molecule has 0 bridgehead atoms. The van der Waals surface area contributed by atoms with Gasteiger partial charge >= 0.3 is 0 Å². The predicted molar refractivity (Wildman–Crippen MR) is 98.2 cm³/mol. The number of rotatable bonds is 6. The van der Waals surface area contributed by atoms with Gasteiger partial charge in [0.2, 0.25) is 0 Å². The maximum Gasteiger partial charge on any atom is 0.268 e. The molecule has 0 aliphatic carbocycles. The Morgan fingerprint density at radius 2 is 1.80 bits per heavy atom. The number of nitrogens with one attached hydrogen (secondary N) is 1. The van der Waals surface area contributed by atoms with Crippen LogP contribution in [0.2, 0.25) is 0 Å². The van der Waals surface area contributed by atoms with E-state index >= 15 is 0 Å². The summed E-state index contributed by atoms with van der Waals surface area (Å²) in [4.78, 5) is 0.190. The maximum atomic E-state index is 13.2. The van der Waals surface area contributed by atoms with Crippen LogP contribution in [0.1, 0.15) is 5.56 Å². The SMILES string of the molecule is CNCc1cc(-c2ccccc2)n(S(=O)(=O)c2cccc(OC)c2)c1.